The Bertz CT molecular complexity index is 1140. The number of nitrogens with one attached hydrogen (secondary N) is 1. The number of hydrogen-bond acceptors (Lipinski definition) is 8. The van der Waals surface area contributed by atoms with E-state index in [9.17, 15) is 32.9 Å². The van der Waals surface area contributed by atoms with E-state index in [-0.39, 0.29) is 23.5 Å². The minimum absolute atomic E-state index is 0.214. The van der Waals surface area contributed by atoms with Gasteiger partial charge in [-0.3, -0.25) is 24.1 Å². The largest absolute Gasteiger partial charge is 0.458 e. The van der Waals surface area contributed by atoms with Crippen molar-refractivity contribution in [3.05, 3.63) is 67.6 Å². The molecule has 2 heterocycles. The quantitative estimate of drug-likeness (QED) is 0.365. The van der Waals surface area contributed by atoms with Gasteiger partial charge in [0.05, 0.1) is 16.2 Å². The van der Waals surface area contributed by atoms with Gasteiger partial charge in [-0.05, 0) is 12.1 Å². The first-order valence-corrected chi connectivity index (χ1v) is 8.74. The van der Waals surface area contributed by atoms with Crippen molar-refractivity contribution >= 4 is 33.6 Å². The normalized spacial score (nSPS) is 11.4. The lowest BCUT2D eigenvalue weighted by Crippen LogP contribution is -2.19. The lowest BCUT2D eigenvalue weighted by molar-refractivity contribution is -0.384. The molecule has 2 aromatic heterocycles. The number of ether oxygens (including phenoxy) is 1. The van der Waals surface area contributed by atoms with Crippen LogP contribution in [0.4, 0.5) is 24.5 Å². The van der Waals surface area contributed by atoms with Gasteiger partial charge in [-0.2, -0.15) is 13.2 Å². The topological polar surface area (TPSA) is 116 Å². The van der Waals surface area contributed by atoms with Crippen LogP contribution < -0.4 is 10.9 Å². The SMILES string of the molecule is O=C(CNc1ccc(C(F)(F)F)cc1[N+](=O)[O-])OCc1cc(=O)n2ccsc2n1. The van der Waals surface area contributed by atoms with Crippen LogP contribution in [0.2, 0.25) is 0 Å². The summed E-state index contributed by atoms with van der Waals surface area (Å²) in [5.41, 5.74) is -2.41. The maximum absolute atomic E-state index is 12.7. The van der Waals surface area contributed by atoms with Crippen LogP contribution in [-0.2, 0) is 22.3 Å². The van der Waals surface area contributed by atoms with E-state index in [1.807, 2.05) is 0 Å². The smallest absolute Gasteiger partial charge is 0.416 e. The van der Waals surface area contributed by atoms with Crippen LogP contribution in [0.15, 0.2) is 40.6 Å². The molecule has 0 saturated heterocycles. The average Bonchev–Trinajstić information content (AvgIpc) is 3.13. The summed E-state index contributed by atoms with van der Waals surface area (Å²) < 4.78 is 44.4. The molecule has 13 heteroatoms. The summed E-state index contributed by atoms with van der Waals surface area (Å²) in [5.74, 6) is -0.840. The average molecular weight is 428 g/mol. The van der Waals surface area contributed by atoms with Crippen molar-refractivity contribution in [2.45, 2.75) is 12.8 Å². The van der Waals surface area contributed by atoms with Gasteiger partial charge in [0, 0.05) is 23.7 Å². The van der Waals surface area contributed by atoms with E-state index in [4.69, 9.17) is 4.74 Å². The molecule has 9 nitrogen and oxygen atoms in total. The lowest BCUT2D eigenvalue weighted by Gasteiger charge is -2.10. The Labute approximate surface area is 163 Å². The van der Waals surface area contributed by atoms with E-state index in [2.05, 4.69) is 10.3 Å². The second-order valence-corrected chi connectivity index (χ2v) is 6.52. The third-order valence-corrected chi connectivity index (χ3v) is 4.44. The van der Waals surface area contributed by atoms with Crippen LogP contribution >= 0.6 is 11.3 Å². The molecule has 0 aliphatic carbocycles. The van der Waals surface area contributed by atoms with Crippen LogP contribution in [0.3, 0.4) is 0 Å². The highest BCUT2D eigenvalue weighted by atomic mass is 32.1. The van der Waals surface area contributed by atoms with Crippen molar-refractivity contribution < 1.29 is 27.6 Å². The zero-order valence-electron chi connectivity index (χ0n) is 14.3. The highest BCUT2D eigenvalue weighted by molar-refractivity contribution is 7.15. The summed E-state index contributed by atoms with van der Waals surface area (Å²) in [5, 5.41) is 15.1. The number of thiazole rings is 1. The molecule has 0 bridgehead atoms. The van der Waals surface area contributed by atoms with Gasteiger partial charge in [0.25, 0.3) is 11.2 Å². The molecule has 0 saturated carbocycles. The van der Waals surface area contributed by atoms with Crippen LogP contribution in [0, 0.1) is 10.1 Å². The molecule has 3 aromatic rings. The first-order valence-electron chi connectivity index (χ1n) is 7.86. The third kappa shape index (κ3) is 4.68. The number of rotatable bonds is 6. The number of esters is 1. The highest BCUT2D eigenvalue weighted by Crippen LogP contribution is 2.34. The molecule has 1 N–H and O–H groups in total. The van der Waals surface area contributed by atoms with Crippen LogP contribution in [0.5, 0.6) is 0 Å². The Balaban J connectivity index is 1.64. The highest BCUT2D eigenvalue weighted by Gasteiger charge is 2.33. The zero-order valence-corrected chi connectivity index (χ0v) is 15.1. The number of nitro groups is 1. The minimum atomic E-state index is -4.74. The molecule has 0 radical (unpaired) electrons. The number of hydrogen-bond donors (Lipinski definition) is 1. The van der Waals surface area contributed by atoms with Gasteiger partial charge in [-0.15, -0.1) is 11.3 Å². The maximum atomic E-state index is 12.7. The van der Waals surface area contributed by atoms with Gasteiger partial charge in [-0.1, -0.05) is 0 Å². The van der Waals surface area contributed by atoms with E-state index < -0.39 is 34.9 Å². The fourth-order valence-corrected chi connectivity index (χ4v) is 3.08. The number of benzene rings is 1. The van der Waals surface area contributed by atoms with Crippen molar-refractivity contribution in [3.8, 4) is 0 Å². The number of aromatic nitrogens is 2. The van der Waals surface area contributed by atoms with E-state index >= 15 is 0 Å². The number of fused-ring (bicyclic) bond motifs is 1. The van der Waals surface area contributed by atoms with E-state index in [1.54, 1.807) is 11.6 Å². The zero-order chi connectivity index (χ0) is 21.2. The van der Waals surface area contributed by atoms with E-state index in [1.165, 1.54) is 21.8 Å². The fraction of sp³-hybridized carbons (Fsp3) is 0.188. The van der Waals surface area contributed by atoms with Crippen molar-refractivity contribution in [2.24, 2.45) is 0 Å². The van der Waals surface area contributed by atoms with E-state index in [0.29, 0.717) is 17.1 Å². The molecule has 0 aliphatic heterocycles. The number of anilines is 1. The fourth-order valence-electron chi connectivity index (χ4n) is 2.34. The predicted molar refractivity (Wildman–Crippen MR) is 95.7 cm³/mol. The molecule has 0 atom stereocenters. The Kier molecular flexibility index (Phi) is 5.50. The Morgan fingerprint density at radius 3 is 2.79 bits per heavy atom. The van der Waals surface area contributed by atoms with Gasteiger partial charge < -0.3 is 10.1 Å². The first-order chi connectivity index (χ1) is 13.6. The lowest BCUT2D eigenvalue weighted by atomic mass is 10.1. The minimum Gasteiger partial charge on any atom is -0.458 e. The Morgan fingerprint density at radius 1 is 1.34 bits per heavy atom. The molecular formula is C16H11F3N4O5S. The first kappa shape index (κ1) is 20.3. The van der Waals surface area contributed by atoms with Gasteiger partial charge in [0.1, 0.15) is 18.8 Å². The molecule has 3 rings (SSSR count). The summed E-state index contributed by atoms with van der Waals surface area (Å²) >= 11 is 1.22. The van der Waals surface area contributed by atoms with Crippen molar-refractivity contribution in [3.63, 3.8) is 0 Å². The standard InChI is InChI=1S/C16H11F3N4O5S/c17-16(18,19)9-1-2-11(12(5-9)23(26)27)20-7-14(25)28-8-10-6-13(24)22-3-4-29-15(22)21-10/h1-6,20H,7-8H2. The van der Waals surface area contributed by atoms with Crippen molar-refractivity contribution in [2.75, 3.05) is 11.9 Å². The summed E-state index contributed by atoms with van der Waals surface area (Å²) in [4.78, 5) is 38.3. The van der Waals surface area contributed by atoms with Gasteiger partial charge in [-0.25, -0.2) is 4.98 Å². The summed E-state index contributed by atoms with van der Waals surface area (Å²) in [6.45, 7) is -0.842. The molecule has 0 unspecified atom stereocenters. The molecule has 0 fully saturated rings. The molecule has 152 valence electrons. The monoisotopic (exact) mass is 428 g/mol. The molecule has 1 aromatic carbocycles. The Morgan fingerprint density at radius 2 is 2.10 bits per heavy atom. The molecule has 0 amide bonds. The molecule has 29 heavy (non-hydrogen) atoms. The number of carbonyl (C=O) groups excluding carboxylic acids is 1. The summed E-state index contributed by atoms with van der Waals surface area (Å²) in [6.07, 6.45) is -3.19. The van der Waals surface area contributed by atoms with Crippen molar-refractivity contribution in [1.82, 2.24) is 9.38 Å². The van der Waals surface area contributed by atoms with Crippen LogP contribution in [-0.4, -0.2) is 26.8 Å². The maximum Gasteiger partial charge on any atom is 0.416 e. The van der Waals surface area contributed by atoms with Crippen LogP contribution in [0.25, 0.3) is 4.96 Å². The molecule has 0 spiro atoms. The van der Waals surface area contributed by atoms with Crippen LogP contribution in [0.1, 0.15) is 11.3 Å². The summed E-state index contributed by atoms with van der Waals surface area (Å²) in [6, 6.07) is 3.10. The molecule has 0 aliphatic rings. The van der Waals surface area contributed by atoms with Gasteiger partial charge >= 0.3 is 12.1 Å². The second kappa shape index (κ2) is 7.87. The number of nitro benzene ring substituents is 1. The number of alkyl halides is 3. The van der Waals surface area contributed by atoms with Crippen molar-refractivity contribution in [1.29, 1.82) is 0 Å². The van der Waals surface area contributed by atoms with Gasteiger partial charge in [0.2, 0.25) is 0 Å². The predicted octanol–water partition coefficient (Wildman–Crippen LogP) is 2.84. The number of halogens is 3. The number of carbonyl (C=O) groups is 1. The Hall–Kier alpha value is -3.48. The third-order valence-electron chi connectivity index (χ3n) is 3.68. The second-order valence-electron chi connectivity index (χ2n) is 5.64. The van der Waals surface area contributed by atoms with E-state index in [0.717, 1.165) is 6.07 Å². The van der Waals surface area contributed by atoms with Gasteiger partial charge in [0.15, 0.2) is 4.96 Å². The summed E-state index contributed by atoms with van der Waals surface area (Å²) in [7, 11) is 0. The molecular weight excluding hydrogens is 417 g/mol. The number of nitrogens with zero attached hydrogens (tertiary/aromatic N) is 3.